The van der Waals surface area contributed by atoms with Crippen molar-refractivity contribution in [3.63, 3.8) is 0 Å². The van der Waals surface area contributed by atoms with Crippen molar-refractivity contribution >= 4 is 17.4 Å². The number of ether oxygens (including phenoxy) is 2. The minimum Gasteiger partial charge on any atom is -0.443 e. The molecule has 3 rings (SSSR count). The number of pyridine rings is 1. The van der Waals surface area contributed by atoms with Crippen LogP contribution in [0.4, 0.5) is 10.5 Å². The number of carbonyl (C=O) groups is 1. The highest BCUT2D eigenvalue weighted by Crippen LogP contribution is 2.23. The van der Waals surface area contributed by atoms with E-state index in [0.717, 1.165) is 6.54 Å². The van der Waals surface area contributed by atoms with Gasteiger partial charge in [-0.05, 0) is 26.8 Å². The average molecular weight is 319 g/mol. The monoisotopic (exact) mass is 319 g/mol. The minimum absolute atomic E-state index is 0.427. The summed E-state index contributed by atoms with van der Waals surface area (Å²) in [6, 6.07) is 3.58. The van der Waals surface area contributed by atoms with E-state index in [2.05, 4.69) is 15.4 Å². The molecule has 8 nitrogen and oxygen atoms in total. The summed E-state index contributed by atoms with van der Waals surface area (Å²) in [5.41, 5.74) is 0.726. The highest BCUT2D eigenvalue weighted by Gasteiger charge is 2.31. The lowest BCUT2D eigenvalue weighted by Crippen LogP contribution is -2.53. The maximum absolute atomic E-state index is 12.7. The van der Waals surface area contributed by atoms with Crippen LogP contribution in [-0.4, -0.2) is 52.2 Å². The number of amides is 1. The quantitative estimate of drug-likeness (QED) is 0.901. The van der Waals surface area contributed by atoms with Crippen molar-refractivity contribution in [1.29, 1.82) is 0 Å². The molecule has 1 aliphatic rings. The number of carbonyl (C=O) groups excluding carboxylic acids is 1. The van der Waals surface area contributed by atoms with Gasteiger partial charge in [0.15, 0.2) is 11.9 Å². The molecule has 0 aliphatic carbocycles. The Labute approximate surface area is 134 Å². The Bertz CT molecular complexity index is 688. The van der Waals surface area contributed by atoms with Crippen LogP contribution >= 0.6 is 0 Å². The van der Waals surface area contributed by atoms with E-state index < -0.39 is 17.9 Å². The van der Waals surface area contributed by atoms with E-state index in [9.17, 15) is 4.79 Å². The molecular formula is C15H21N5O3. The fourth-order valence-electron chi connectivity index (χ4n) is 2.37. The van der Waals surface area contributed by atoms with E-state index >= 15 is 0 Å². The van der Waals surface area contributed by atoms with Gasteiger partial charge in [0, 0.05) is 25.4 Å². The Morgan fingerprint density at radius 1 is 1.52 bits per heavy atom. The van der Waals surface area contributed by atoms with Crippen LogP contribution in [0.3, 0.4) is 0 Å². The molecule has 1 saturated heterocycles. The van der Waals surface area contributed by atoms with Gasteiger partial charge in [0.05, 0.1) is 12.3 Å². The molecule has 3 heterocycles. The number of aromatic nitrogens is 3. The average Bonchev–Trinajstić information content (AvgIpc) is 2.94. The van der Waals surface area contributed by atoms with Crippen LogP contribution in [0.1, 0.15) is 20.8 Å². The summed E-state index contributed by atoms with van der Waals surface area (Å²) in [5, 5.41) is 7.29. The Hall–Kier alpha value is -2.19. The lowest BCUT2D eigenvalue weighted by molar-refractivity contribution is 0.0103. The molecule has 23 heavy (non-hydrogen) atoms. The first-order valence-electron chi connectivity index (χ1n) is 7.58. The van der Waals surface area contributed by atoms with E-state index in [4.69, 9.17) is 9.47 Å². The highest BCUT2D eigenvalue weighted by molar-refractivity contribution is 5.89. The second-order valence-electron chi connectivity index (χ2n) is 6.33. The molecule has 1 amide bonds. The standard InChI is InChI=1S/C15H21N5O3/c1-15(2,3)23-14(21)20(13-9-16-5-7-22-13)11-4-6-19-12(8-11)17-10-18-19/h4,6,8,10,13,16H,5,7,9H2,1-3H3. The first kappa shape index (κ1) is 15.7. The van der Waals surface area contributed by atoms with Gasteiger partial charge in [-0.3, -0.25) is 0 Å². The number of hydrogen-bond donors (Lipinski definition) is 1. The maximum Gasteiger partial charge on any atom is 0.417 e. The zero-order valence-electron chi connectivity index (χ0n) is 13.5. The van der Waals surface area contributed by atoms with Gasteiger partial charge in [-0.15, -0.1) is 0 Å². The molecule has 0 saturated carbocycles. The van der Waals surface area contributed by atoms with Gasteiger partial charge < -0.3 is 14.8 Å². The zero-order chi connectivity index (χ0) is 16.4. The molecule has 8 heteroatoms. The van der Waals surface area contributed by atoms with Gasteiger partial charge in [0.2, 0.25) is 0 Å². The van der Waals surface area contributed by atoms with E-state index in [0.29, 0.717) is 24.5 Å². The van der Waals surface area contributed by atoms with Crippen LogP contribution in [-0.2, 0) is 9.47 Å². The smallest absolute Gasteiger partial charge is 0.417 e. The summed E-state index contributed by atoms with van der Waals surface area (Å²) < 4.78 is 12.9. The first-order valence-corrected chi connectivity index (χ1v) is 7.58. The summed E-state index contributed by atoms with van der Waals surface area (Å²) in [6.45, 7) is 7.36. The molecule has 1 N–H and O–H groups in total. The summed E-state index contributed by atoms with van der Waals surface area (Å²) in [4.78, 5) is 18.4. The number of anilines is 1. The molecule has 1 aliphatic heterocycles. The Morgan fingerprint density at radius 3 is 3.04 bits per heavy atom. The molecule has 0 radical (unpaired) electrons. The molecule has 0 spiro atoms. The minimum atomic E-state index is -0.587. The van der Waals surface area contributed by atoms with Crippen LogP contribution in [0.15, 0.2) is 24.7 Å². The molecule has 1 atom stereocenters. The van der Waals surface area contributed by atoms with Gasteiger partial charge in [-0.2, -0.15) is 5.10 Å². The van der Waals surface area contributed by atoms with Crippen molar-refractivity contribution in [3.8, 4) is 0 Å². The van der Waals surface area contributed by atoms with Crippen molar-refractivity contribution in [1.82, 2.24) is 19.9 Å². The van der Waals surface area contributed by atoms with Crippen molar-refractivity contribution in [2.75, 3.05) is 24.6 Å². The molecule has 2 aromatic rings. The van der Waals surface area contributed by atoms with E-state index in [-0.39, 0.29) is 0 Å². The fraction of sp³-hybridized carbons (Fsp3) is 0.533. The number of fused-ring (bicyclic) bond motifs is 1. The van der Waals surface area contributed by atoms with Crippen molar-refractivity contribution in [2.24, 2.45) is 0 Å². The molecule has 2 aromatic heterocycles. The Balaban J connectivity index is 1.94. The van der Waals surface area contributed by atoms with Gasteiger partial charge >= 0.3 is 6.09 Å². The topological polar surface area (TPSA) is 81.0 Å². The molecule has 124 valence electrons. The number of hydrogen-bond acceptors (Lipinski definition) is 6. The Kier molecular flexibility index (Phi) is 4.18. The van der Waals surface area contributed by atoms with Crippen LogP contribution in [0.2, 0.25) is 0 Å². The number of rotatable bonds is 2. The van der Waals surface area contributed by atoms with E-state index in [1.165, 1.54) is 11.2 Å². The summed E-state index contributed by atoms with van der Waals surface area (Å²) in [6.07, 6.45) is 2.35. The third kappa shape index (κ3) is 3.59. The zero-order valence-corrected chi connectivity index (χ0v) is 13.5. The van der Waals surface area contributed by atoms with Crippen LogP contribution in [0.5, 0.6) is 0 Å². The van der Waals surface area contributed by atoms with Gasteiger partial charge in [-0.1, -0.05) is 0 Å². The van der Waals surface area contributed by atoms with Crippen molar-refractivity contribution in [3.05, 3.63) is 24.7 Å². The van der Waals surface area contributed by atoms with E-state index in [1.807, 2.05) is 20.8 Å². The summed E-state index contributed by atoms with van der Waals surface area (Å²) in [5.74, 6) is 0. The predicted molar refractivity (Wildman–Crippen MR) is 84.3 cm³/mol. The second kappa shape index (κ2) is 6.13. The number of morpholine rings is 1. The van der Waals surface area contributed by atoms with Crippen LogP contribution in [0, 0.1) is 0 Å². The lowest BCUT2D eigenvalue weighted by atomic mass is 10.2. The van der Waals surface area contributed by atoms with Crippen LogP contribution in [0.25, 0.3) is 5.65 Å². The summed E-state index contributed by atoms with van der Waals surface area (Å²) >= 11 is 0. The predicted octanol–water partition coefficient (Wildman–Crippen LogP) is 1.42. The van der Waals surface area contributed by atoms with Crippen molar-refractivity contribution in [2.45, 2.75) is 32.6 Å². The highest BCUT2D eigenvalue weighted by atomic mass is 16.6. The molecule has 1 unspecified atom stereocenters. The lowest BCUT2D eigenvalue weighted by Gasteiger charge is -2.35. The number of nitrogens with one attached hydrogen (secondary N) is 1. The maximum atomic E-state index is 12.7. The second-order valence-corrected chi connectivity index (χ2v) is 6.33. The van der Waals surface area contributed by atoms with Gasteiger partial charge in [0.1, 0.15) is 11.9 Å². The Morgan fingerprint density at radius 2 is 2.35 bits per heavy atom. The molecule has 1 fully saturated rings. The normalized spacial score (nSPS) is 18.8. The van der Waals surface area contributed by atoms with Gasteiger partial charge in [0.25, 0.3) is 0 Å². The number of nitrogens with zero attached hydrogens (tertiary/aromatic N) is 4. The molecule has 0 bridgehead atoms. The fourth-order valence-corrected chi connectivity index (χ4v) is 2.37. The van der Waals surface area contributed by atoms with Gasteiger partial charge in [-0.25, -0.2) is 19.2 Å². The van der Waals surface area contributed by atoms with E-state index in [1.54, 1.807) is 22.8 Å². The van der Waals surface area contributed by atoms with Crippen LogP contribution < -0.4 is 10.2 Å². The molecule has 0 aromatic carbocycles. The largest absolute Gasteiger partial charge is 0.443 e. The van der Waals surface area contributed by atoms with Crippen molar-refractivity contribution < 1.29 is 14.3 Å². The SMILES string of the molecule is CC(C)(C)OC(=O)N(c1ccn2ncnc2c1)C1CNCCO1. The third-order valence-electron chi connectivity index (χ3n) is 3.33. The summed E-state index contributed by atoms with van der Waals surface area (Å²) in [7, 11) is 0. The third-order valence-corrected chi connectivity index (χ3v) is 3.33. The first-order chi connectivity index (χ1) is 10.9. The molecular weight excluding hydrogens is 298 g/mol.